The van der Waals surface area contributed by atoms with Gasteiger partial charge in [0.05, 0.1) is 0 Å². The summed E-state index contributed by atoms with van der Waals surface area (Å²) in [6.07, 6.45) is 5.26. The molecule has 3 atom stereocenters. The van der Waals surface area contributed by atoms with Crippen molar-refractivity contribution in [3.63, 3.8) is 0 Å². The van der Waals surface area contributed by atoms with Gasteiger partial charge in [0.25, 0.3) is 0 Å². The van der Waals surface area contributed by atoms with Crippen molar-refractivity contribution in [1.82, 2.24) is 0 Å². The van der Waals surface area contributed by atoms with E-state index in [0.717, 1.165) is 12.3 Å². The molecule has 3 unspecified atom stereocenters. The van der Waals surface area contributed by atoms with Crippen LogP contribution in [-0.2, 0) is 6.42 Å². The van der Waals surface area contributed by atoms with Crippen LogP contribution in [0.15, 0.2) is 18.2 Å². The van der Waals surface area contributed by atoms with Gasteiger partial charge in [-0.2, -0.15) is 0 Å². The molecular weight excluding hydrogens is 251 g/mol. The number of aliphatic hydroxyl groups excluding tert-OH is 1. The van der Waals surface area contributed by atoms with Crippen molar-refractivity contribution < 1.29 is 9.50 Å². The molecule has 0 aromatic heterocycles. The third-order valence-corrected chi connectivity index (χ3v) is 5.36. The van der Waals surface area contributed by atoms with Crippen molar-refractivity contribution in [1.29, 1.82) is 0 Å². The zero-order valence-corrected chi connectivity index (χ0v) is 11.1. The molecule has 0 aliphatic heterocycles. The average molecular weight is 269 g/mol. The Hall–Kier alpha value is -0.600. The lowest BCUT2D eigenvalue weighted by Gasteiger charge is -2.36. The van der Waals surface area contributed by atoms with Crippen LogP contribution in [0.2, 0.25) is 5.02 Å². The standard InChI is InChI=1S/C15H18ClFO/c16-13-2-1-3-14(17)12(13)8-15(9-18)7-10-4-5-11(15)6-10/h1-3,10-11,18H,4-9H2. The van der Waals surface area contributed by atoms with Crippen LogP contribution in [0.4, 0.5) is 4.39 Å². The maximum atomic E-state index is 13.9. The SMILES string of the molecule is OCC1(Cc2c(F)cccc2Cl)CC2CCC1C2. The molecule has 1 aromatic carbocycles. The van der Waals surface area contributed by atoms with Crippen LogP contribution in [0.1, 0.15) is 31.2 Å². The van der Waals surface area contributed by atoms with Crippen molar-refractivity contribution in [3.8, 4) is 0 Å². The Morgan fingerprint density at radius 1 is 1.39 bits per heavy atom. The Morgan fingerprint density at radius 3 is 2.78 bits per heavy atom. The summed E-state index contributed by atoms with van der Waals surface area (Å²) in [5.74, 6) is 1.04. The van der Waals surface area contributed by atoms with E-state index in [1.165, 1.54) is 25.3 Å². The Kier molecular flexibility index (Phi) is 3.11. The Labute approximate surface area is 112 Å². The van der Waals surface area contributed by atoms with Gasteiger partial charge in [-0.25, -0.2) is 4.39 Å². The fraction of sp³-hybridized carbons (Fsp3) is 0.600. The molecule has 3 rings (SSSR count). The molecule has 2 saturated carbocycles. The average Bonchev–Trinajstić information content (AvgIpc) is 2.95. The van der Waals surface area contributed by atoms with E-state index in [-0.39, 0.29) is 17.8 Å². The van der Waals surface area contributed by atoms with Gasteiger partial charge in [-0.1, -0.05) is 24.1 Å². The van der Waals surface area contributed by atoms with E-state index in [1.807, 2.05) is 0 Å². The fourth-order valence-corrected chi connectivity index (χ4v) is 4.31. The van der Waals surface area contributed by atoms with Crippen LogP contribution in [0.5, 0.6) is 0 Å². The van der Waals surface area contributed by atoms with Crippen LogP contribution in [0.3, 0.4) is 0 Å². The number of fused-ring (bicyclic) bond motifs is 2. The summed E-state index contributed by atoms with van der Waals surface area (Å²) >= 11 is 6.11. The molecule has 98 valence electrons. The Morgan fingerprint density at radius 2 is 2.22 bits per heavy atom. The molecule has 2 bridgehead atoms. The molecule has 2 fully saturated rings. The van der Waals surface area contributed by atoms with Gasteiger partial charge in [0.15, 0.2) is 0 Å². The van der Waals surface area contributed by atoms with Crippen molar-refractivity contribution in [2.24, 2.45) is 17.3 Å². The van der Waals surface area contributed by atoms with Crippen molar-refractivity contribution >= 4 is 11.6 Å². The van der Waals surface area contributed by atoms with Gasteiger partial charge in [0.1, 0.15) is 5.82 Å². The third-order valence-electron chi connectivity index (χ3n) is 5.01. The Bertz CT molecular complexity index is 442. The van der Waals surface area contributed by atoms with Gasteiger partial charge in [-0.05, 0) is 49.7 Å². The molecular formula is C15H18ClFO. The quantitative estimate of drug-likeness (QED) is 0.884. The predicted molar refractivity (Wildman–Crippen MR) is 70.1 cm³/mol. The van der Waals surface area contributed by atoms with E-state index in [2.05, 4.69) is 0 Å². The molecule has 0 heterocycles. The molecule has 1 nitrogen and oxygen atoms in total. The minimum atomic E-state index is -0.238. The first-order valence-electron chi connectivity index (χ1n) is 6.68. The summed E-state index contributed by atoms with van der Waals surface area (Å²) in [6, 6.07) is 4.82. The lowest BCUT2D eigenvalue weighted by Crippen LogP contribution is -2.34. The molecule has 2 aliphatic rings. The number of hydrogen-bond donors (Lipinski definition) is 1. The normalized spacial score (nSPS) is 34.2. The minimum Gasteiger partial charge on any atom is -0.396 e. The van der Waals surface area contributed by atoms with Gasteiger partial charge in [-0.15, -0.1) is 0 Å². The highest BCUT2D eigenvalue weighted by Gasteiger charge is 2.50. The first-order chi connectivity index (χ1) is 8.64. The third kappa shape index (κ3) is 1.86. The van der Waals surface area contributed by atoms with Gasteiger partial charge >= 0.3 is 0 Å². The van der Waals surface area contributed by atoms with Crippen LogP contribution in [0, 0.1) is 23.1 Å². The summed E-state index contributed by atoms with van der Waals surface area (Å²) in [7, 11) is 0. The van der Waals surface area contributed by atoms with E-state index in [9.17, 15) is 9.50 Å². The number of halogens is 2. The molecule has 2 aliphatic carbocycles. The molecule has 0 radical (unpaired) electrons. The van der Waals surface area contributed by atoms with E-state index in [4.69, 9.17) is 11.6 Å². The predicted octanol–water partition coefficient (Wildman–Crippen LogP) is 3.82. The van der Waals surface area contributed by atoms with Crippen molar-refractivity contribution in [3.05, 3.63) is 34.6 Å². The van der Waals surface area contributed by atoms with Gasteiger partial charge in [0, 0.05) is 22.6 Å². The fourth-order valence-electron chi connectivity index (χ4n) is 4.08. The maximum Gasteiger partial charge on any atom is 0.127 e. The highest BCUT2D eigenvalue weighted by Crippen LogP contribution is 2.57. The summed E-state index contributed by atoms with van der Waals surface area (Å²) < 4.78 is 13.9. The monoisotopic (exact) mass is 268 g/mol. The minimum absolute atomic E-state index is 0.130. The van der Waals surface area contributed by atoms with E-state index in [0.29, 0.717) is 22.9 Å². The van der Waals surface area contributed by atoms with E-state index in [1.54, 1.807) is 12.1 Å². The first-order valence-corrected chi connectivity index (χ1v) is 7.06. The topological polar surface area (TPSA) is 20.2 Å². The zero-order valence-electron chi connectivity index (χ0n) is 10.3. The van der Waals surface area contributed by atoms with Crippen LogP contribution in [-0.4, -0.2) is 11.7 Å². The molecule has 3 heteroatoms. The van der Waals surface area contributed by atoms with E-state index >= 15 is 0 Å². The number of rotatable bonds is 3. The molecule has 1 N–H and O–H groups in total. The summed E-state index contributed by atoms with van der Waals surface area (Å²) in [6.45, 7) is 0.152. The highest BCUT2D eigenvalue weighted by atomic mass is 35.5. The molecule has 1 aromatic rings. The van der Waals surface area contributed by atoms with Crippen LogP contribution < -0.4 is 0 Å². The Balaban J connectivity index is 1.91. The second kappa shape index (κ2) is 4.50. The van der Waals surface area contributed by atoms with Crippen molar-refractivity contribution in [2.75, 3.05) is 6.61 Å². The highest BCUT2D eigenvalue weighted by molar-refractivity contribution is 6.31. The van der Waals surface area contributed by atoms with Crippen LogP contribution in [0.25, 0.3) is 0 Å². The lowest BCUT2D eigenvalue weighted by atomic mass is 9.70. The second-order valence-electron chi connectivity index (χ2n) is 5.98. The van der Waals surface area contributed by atoms with E-state index < -0.39 is 0 Å². The number of benzene rings is 1. The largest absolute Gasteiger partial charge is 0.396 e. The summed E-state index contributed by atoms with van der Waals surface area (Å²) in [5, 5.41) is 10.3. The zero-order chi connectivity index (χ0) is 12.8. The maximum absolute atomic E-state index is 13.9. The van der Waals surface area contributed by atoms with Gasteiger partial charge < -0.3 is 5.11 Å². The first kappa shape index (κ1) is 12.4. The lowest BCUT2D eigenvalue weighted by molar-refractivity contribution is 0.0644. The number of hydrogen-bond acceptors (Lipinski definition) is 1. The molecule has 0 saturated heterocycles. The molecule has 0 amide bonds. The molecule has 18 heavy (non-hydrogen) atoms. The van der Waals surface area contributed by atoms with Gasteiger partial charge in [0.2, 0.25) is 0 Å². The number of aliphatic hydroxyl groups is 1. The van der Waals surface area contributed by atoms with Gasteiger partial charge in [-0.3, -0.25) is 0 Å². The molecule has 0 spiro atoms. The second-order valence-corrected chi connectivity index (χ2v) is 6.38. The summed E-state index contributed by atoms with van der Waals surface area (Å²) in [4.78, 5) is 0. The smallest absolute Gasteiger partial charge is 0.127 e. The van der Waals surface area contributed by atoms with Crippen LogP contribution >= 0.6 is 11.6 Å². The van der Waals surface area contributed by atoms with Crippen molar-refractivity contribution in [2.45, 2.75) is 32.1 Å². The summed E-state index contributed by atoms with van der Waals surface area (Å²) in [5.41, 5.74) is 0.454.